The Hall–Kier alpha value is -0.710. The van der Waals surface area contributed by atoms with Crippen LogP contribution in [0.25, 0.3) is 0 Å². The van der Waals surface area contributed by atoms with Gasteiger partial charge in [0.2, 0.25) is 9.49 Å². The summed E-state index contributed by atoms with van der Waals surface area (Å²) >= 11 is -1.46. The lowest BCUT2D eigenvalue weighted by Gasteiger charge is -2.29. The summed E-state index contributed by atoms with van der Waals surface area (Å²) in [6, 6.07) is 3.86. The fraction of sp³-hybridized carbons (Fsp3) is 0.750. The summed E-state index contributed by atoms with van der Waals surface area (Å²) in [6.45, 7) is 6.29. The van der Waals surface area contributed by atoms with E-state index in [0.29, 0.717) is 0 Å². The maximum absolute atomic E-state index is 11.6. The molecule has 0 N–H and O–H groups in total. The highest BCUT2D eigenvalue weighted by atomic mass is 32.2. The van der Waals surface area contributed by atoms with Crippen LogP contribution >= 0.6 is 0 Å². The van der Waals surface area contributed by atoms with Crippen molar-refractivity contribution < 1.29 is 4.55 Å². The average Bonchev–Trinajstić information content (AvgIpc) is 2.03. The number of nitrogens with zero attached hydrogens (tertiary/aromatic N) is 2. The zero-order valence-electron chi connectivity index (χ0n) is 7.71. The van der Waals surface area contributed by atoms with Gasteiger partial charge in [0.05, 0.1) is 0 Å². The van der Waals surface area contributed by atoms with E-state index in [1.165, 1.54) is 0 Å². The van der Waals surface area contributed by atoms with Crippen molar-refractivity contribution in [3.8, 4) is 12.1 Å². The van der Waals surface area contributed by atoms with Crippen LogP contribution in [0.2, 0.25) is 0 Å². The highest BCUT2D eigenvalue weighted by Gasteiger charge is 2.44. The second-order valence-electron chi connectivity index (χ2n) is 3.51. The molecule has 0 aromatic rings. The molecule has 0 aliphatic heterocycles. The van der Waals surface area contributed by atoms with Crippen LogP contribution in [0, 0.1) is 22.7 Å². The van der Waals surface area contributed by atoms with Gasteiger partial charge in [-0.05, 0) is 38.9 Å². The van der Waals surface area contributed by atoms with E-state index in [4.69, 9.17) is 10.5 Å². The smallest absolute Gasteiger partial charge is 0.206 e. The Labute approximate surface area is 76.2 Å². The normalized spacial score (nSPS) is 12.3. The molecule has 0 saturated heterocycles. The molecule has 0 unspecified atom stereocenters. The van der Waals surface area contributed by atoms with Gasteiger partial charge in [0.25, 0.3) is 0 Å². The van der Waals surface area contributed by atoms with E-state index in [9.17, 15) is 4.55 Å². The van der Waals surface area contributed by atoms with Gasteiger partial charge in [-0.2, -0.15) is 10.5 Å². The van der Waals surface area contributed by atoms with Crippen LogP contribution in [0.3, 0.4) is 0 Å². The first-order chi connectivity index (χ1) is 5.28. The van der Waals surface area contributed by atoms with E-state index in [-0.39, 0.29) is 0 Å². The summed E-state index contributed by atoms with van der Waals surface area (Å²) in [6.07, 6.45) is 0. The first-order valence-electron chi connectivity index (χ1n) is 3.52. The summed E-state index contributed by atoms with van der Waals surface area (Å²) in [5.74, 6) is 0. The molecule has 0 fully saturated rings. The fourth-order valence-corrected chi connectivity index (χ4v) is 2.16. The van der Waals surface area contributed by atoms with Crippen LogP contribution in [-0.2, 0) is 11.2 Å². The first-order valence-corrected chi connectivity index (χ1v) is 4.67. The molecule has 4 heteroatoms. The van der Waals surface area contributed by atoms with E-state index in [2.05, 4.69) is 0 Å². The molecule has 0 radical (unpaired) electrons. The molecule has 3 nitrogen and oxygen atoms in total. The molecule has 0 aromatic carbocycles. The van der Waals surface area contributed by atoms with Crippen molar-refractivity contribution in [2.24, 2.45) is 0 Å². The van der Waals surface area contributed by atoms with Crippen LogP contribution in [0.4, 0.5) is 0 Å². The minimum atomic E-state index is -1.46. The third kappa shape index (κ3) is 2.14. The predicted octanol–water partition coefficient (Wildman–Crippen LogP) is 1.34. The van der Waals surface area contributed by atoms with Crippen molar-refractivity contribution >= 4 is 11.2 Å². The molecule has 0 heterocycles. The maximum atomic E-state index is 11.6. The minimum absolute atomic E-state index is 0.959. The van der Waals surface area contributed by atoms with Crippen LogP contribution < -0.4 is 0 Å². The first kappa shape index (κ1) is 11.3. The Balaban J connectivity index is 4.77. The lowest BCUT2D eigenvalue weighted by atomic mass is 10.2. The van der Waals surface area contributed by atoms with Crippen LogP contribution in [0.15, 0.2) is 0 Å². The number of hydrogen-bond acceptors (Lipinski definition) is 3. The van der Waals surface area contributed by atoms with Gasteiger partial charge in [0, 0.05) is 0 Å². The lowest BCUT2D eigenvalue weighted by molar-refractivity contribution is 0.550. The van der Waals surface area contributed by atoms with Gasteiger partial charge in [-0.1, -0.05) is 0 Å². The SMILES string of the molecule is CC(C)(C#N)[S+]([O-])C(C)(C)C#N. The zero-order valence-corrected chi connectivity index (χ0v) is 8.53. The third-order valence-corrected chi connectivity index (χ3v) is 3.50. The highest BCUT2D eigenvalue weighted by molar-refractivity contribution is 7.94. The molecule has 0 atom stereocenters. The Bertz CT molecular complexity index is 221. The van der Waals surface area contributed by atoms with Gasteiger partial charge >= 0.3 is 0 Å². The molecule has 12 heavy (non-hydrogen) atoms. The standard InChI is InChI=1S/C8H12N2OS/c1-7(2,5-9)12(11)8(3,4)6-10/h1-4H3. The minimum Gasteiger partial charge on any atom is -0.614 e. The Kier molecular flexibility index (Phi) is 3.15. The summed E-state index contributed by atoms with van der Waals surface area (Å²) in [5, 5.41) is 17.3. The van der Waals surface area contributed by atoms with Gasteiger partial charge < -0.3 is 4.55 Å². The predicted molar refractivity (Wildman–Crippen MR) is 47.5 cm³/mol. The number of hydrogen-bond donors (Lipinski definition) is 0. The lowest BCUT2D eigenvalue weighted by Crippen LogP contribution is -2.43. The summed E-state index contributed by atoms with van der Waals surface area (Å²) in [4.78, 5) is 0. The number of rotatable bonds is 2. The summed E-state index contributed by atoms with van der Waals surface area (Å²) < 4.78 is 9.70. The van der Waals surface area contributed by atoms with E-state index in [0.717, 1.165) is 0 Å². The van der Waals surface area contributed by atoms with E-state index in [1.54, 1.807) is 27.7 Å². The second kappa shape index (κ2) is 3.35. The van der Waals surface area contributed by atoms with Crippen molar-refractivity contribution in [1.82, 2.24) is 0 Å². The molecular formula is C8H12N2OS. The van der Waals surface area contributed by atoms with Gasteiger partial charge in [0.1, 0.15) is 12.1 Å². The number of nitriles is 2. The maximum Gasteiger partial charge on any atom is 0.206 e. The molecule has 66 valence electrons. The van der Waals surface area contributed by atoms with Crippen molar-refractivity contribution in [1.29, 1.82) is 10.5 Å². The highest BCUT2D eigenvalue weighted by Crippen LogP contribution is 2.27. The Morgan fingerprint density at radius 2 is 1.25 bits per heavy atom. The van der Waals surface area contributed by atoms with Crippen molar-refractivity contribution in [2.45, 2.75) is 37.2 Å². The quantitative estimate of drug-likeness (QED) is 0.608. The Morgan fingerprint density at radius 3 is 1.42 bits per heavy atom. The summed E-state index contributed by atoms with van der Waals surface area (Å²) in [7, 11) is 0. The van der Waals surface area contributed by atoms with Gasteiger partial charge in [-0.25, -0.2) is 0 Å². The second-order valence-corrected chi connectivity index (χ2v) is 6.09. The van der Waals surface area contributed by atoms with Crippen LogP contribution in [0.5, 0.6) is 0 Å². The van der Waals surface area contributed by atoms with Crippen molar-refractivity contribution in [3.05, 3.63) is 0 Å². The molecular weight excluding hydrogens is 172 g/mol. The van der Waals surface area contributed by atoms with Gasteiger partial charge in [-0.3, -0.25) is 0 Å². The van der Waals surface area contributed by atoms with E-state index in [1.807, 2.05) is 12.1 Å². The molecule has 0 saturated carbocycles. The molecule has 0 aliphatic rings. The Morgan fingerprint density at radius 1 is 1.00 bits per heavy atom. The molecule has 0 spiro atoms. The summed E-state index contributed by atoms with van der Waals surface area (Å²) in [5.41, 5.74) is 0. The van der Waals surface area contributed by atoms with Crippen molar-refractivity contribution in [2.75, 3.05) is 0 Å². The largest absolute Gasteiger partial charge is 0.614 e. The van der Waals surface area contributed by atoms with Crippen molar-refractivity contribution in [3.63, 3.8) is 0 Å². The molecule has 0 amide bonds. The molecule has 0 bridgehead atoms. The third-order valence-electron chi connectivity index (χ3n) is 1.47. The zero-order chi connectivity index (χ0) is 9.99. The monoisotopic (exact) mass is 184 g/mol. The molecule has 0 aliphatic carbocycles. The van der Waals surface area contributed by atoms with Gasteiger partial charge in [0.15, 0.2) is 0 Å². The van der Waals surface area contributed by atoms with E-state index >= 15 is 0 Å². The molecule has 0 aromatic heterocycles. The topological polar surface area (TPSA) is 70.6 Å². The van der Waals surface area contributed by atoms with Crippen LogP contribution in [0.1, 0.15) is 27.7 Å². The van der Waals surface area contributed by atoms with Crippen LogP contribution in [-0.4, -0.2) is 14.0 Å². The molecule has 0 rings (SSSR count). The average molecular weight is 184 g/mol. The van der Waals surface area contributed by atoms with E-state index < -0.39 is 20.7 Å². The fourth-order valence-electron chi connectivity index (χ4n) is 0.721. The van der Waals surface area contributed by atoms with Gasteiger partial charge in [-0.15, -0.1) is 0 Å².